The molecule has 104 valence electrons. The number of nitrogens with one attached hydrogen (secondary N) is 2. The van der Waals surface area contributed by atoms with E-state index in [1.807, 2.05) is 33.2 Å². The molecular formula is C15H23N3O. The Morgan fingerprint density at radius 3 is 2.95 bits per heavy atom. The average Bonchev–Trinajstić information content (AvgIpc) is 2.36. The van der Waals surface area contributed by atoms with E-state index in [1.165, 1.54) is 5.56 Å². The Labute approximate surface area is 115 Å². The van der Waals surface area contributed by atoms with E-state index in [2.05, 4.69) is 27.7 Å². The number of carbonyl (C=O) groups excluding carboxylic acids is 1. The lowest BCUT2D eigenvalue weighted by atomic mass is 9.90. The summed E-state index contributed by atoms with van der Waals surface area (Å²) in [7, 11) is 4.03. The van der Waals surface area contributed by atoms with Gasteiger partial charge in [0.25, 0.3) is 0 Å². The maximum absolute atomic E-state index is 12.4. The van der Waals surface area contributed by atoms with Crippen molar-refractivity contribution < 1.29 is 4.79 Å². The number of likely N-dealkylation sites (N-methyl/N-ethyl adjacent to an activating group) is 1. The number of amides is 1. The van der Waals surface area contributed by atoms with Gasteiger partial charge in [-0.15, -0.1) is 0 Å². The molecule has 0 fully saturated rings. The highest BCUT2D eigenvalue weighted by molar-refractivity contribution is 5.84. The molecule has 1 aliphatic rings. The van der Waals surface area contributed by atoms with Crippen LogP contribution in [0.1, 0.15) is 24.0 Å². The minimum Gasteiger partial charge on any atom is -0.352 e. The molecule has 1 heterocycles. The van der Waals surface area contributed by atoms with Crippen LogP contribution in [0.5, 0.6) is 0 Å². The van der Waals surface area contributed by atoms with Gasteiger partial charge in [-0.25, -0.2) is 0 Å². The average molecular weight is 261 g/mol. The third-order valence-corrected chi connectivity index (χ3v) is 3.44. The van der Waals surface area contributed by atoms with Crippen molar-refractivity contribution in [2.75, 3.05) is 27.2 Å². The number of benzene rings is 1. The maximum atomic E-state index is 12.4. The SMILES string of the molecule is CC(CN(C)C)NC(=O)C1CNCc2ccccc21. The minimum atomic E-state index is -0.0745. The molecule has 0 aromatic heterocycles. The third kappa shape index (κ3) is 3.55. The van der Waals surface area contributed by atoms with Gasteiger partial charge in [0.05, 0.1) is 5.92 Å². The molecular weight excluding hydrogens is 238 g/mol. The molecule has 4 nitrogen and oxygen atoms in total. The molecule has 1 amide bonds. The molecule has 0 radical (unpaired) electrons. The number of hydrogen-bond donors (Lipinski definition) is 2. The van der Waals surface area contributed by atoms with Crippen molar-refractivity contribution >= 4 is 5.91 Å². The Kier molecular flexibility index (Phi) is 4.56. The summed E-state index contributed by atoms with van der Waals surface area (Å²) in [4.78, 5) is 14.5. The van der Waals surface area contributed by atoms with Crippen LogP contribution in [0.15, 0.2) is 24.3 Å². The zero-order valence-electron chi connectivity index (χ0n) is 11.9. The summed E-state index contributed by atoms with van der Waals surface area (Å²) in [5.41, 5.74) is 2.39. The molecule has 19 heavy (non-hydrogen) atoms. The van der Waals surface area contributed by atoms with E-state index >= 15 is 0 Å². The molecule has 1 aliphatic heterocycles. The van der Waals surface area contributed by atoms with Gasteiger partial charge in [0, 0.05) is 25.7 Å². The second-order valence-corrected chi connectivity index (χ2v) is 5.55. The van der Waals surface area contributed by atoms with Crippen molar-refractivity contribution in [3.8, 4) is 0 Å². The first-order valence-corrected chi connectivity index (χ1v) is 6.81. The number of carbonyl (C=O) groups is 1. The Hall–Kier alpha value is -1.39. The van der Waals surface area contributed by atoms with E-state index < -0.39 is 0 Å². The fourth-order valence-corrected chi connectivity index (χ4v) is 2.67. The Morgan fingerprint density at radius 2 is 2.21 bits per heavy atom. The van der Waals surface area contributed by atoms with E-state index in [9.17, 15) is 4.79 Å². The van der Waals surface area contributed by atoms with Crippen LogP contribution in [0.25, 0.3) is 0 Å². The van der Waals surface area contributed by atoms with Gasteiger partial charge in [0.2, 0.25) is 5.91 Å². The van der Waals surface area contributed by atoms with Crippen molar-refractivity contribution in [2.24, 2.45) is 0 Å². The standard InChI is InChI=1S/C15H23N3O/c1-11(10-18(2)3)17-15(19)14-9-16-8-12-6-4-5-7-13(12)14/h4-7,11,14,16H,8-10H2,1-3H3,(H,17,19). The summed E-state index contributed by atoms with van der Waals surface area (Å²) >= 11 is 0. The van der Waals surface area contributed by atoms with Crippen molar-refractivity contribution in [2.45, 2.75) is 25.4 Å². The number of fused-ring (bicyclic) bond motifs is 1. The first-order valence-electron chi connectivity index (χ1n) is 6.81. The summed E-state index contributed by atoms with van der Waals surface area (Å²) in [6.45, 7) is 4.47. The summed E-state index contributed by atoms with van der Waals surface area (Å²) in [6, 6.07) is 8.35. The first-order chi connectivity index (χ1) is 9.08. The summed E-state index contributed by atoms with van der Waals surface area (Å²) in [5.74, 6) is 0.0450. The largest absolute Gasteiger partial charge is 0.352 e. The fourth-order valence-electron chi connectivity index (χ4n) is 2.67. The number of nitrogens with zero attached hydrogens (tertiary/aromatic N) is 1. The van der Waals surface area contributed by atoms with Crippen LogP contribution in [0, 0.1) is 0 Å². The first kappa shape index (κ1) is 14.0. The molecule has 2 unspecified atom stereocenters. The normalized spacial score (nSPS) is 19.9. The molecule has 0 bridgehead atoms. The molecule has 0 saturated carbocycles. The van der Waals surface area contributed by atoms with Crippen LogP contribution < -0.4 is 10.6 Å². The smallest absolute Gasteiger partial charge is 0.229 e. The lowest BCUT2D eigenvalue weighted by Crippen LogP contribution is -2.45. The van der Waals surface area contributed by atoms with Crippen molar-refractivity contribution in [3.05, 3.63) is 35.4 Å². The van der Waals surface area contributed by atoms with Crippen LogP contribution in [-0.2, 0) is 11.3 Å². The number of rotatable bonds is 4. The van der Waals surface area contributed by atoms with Gasteiger partial charge in [0.1, 0.15) is 0 Å². The molecule has 1 aromatic rings. The van der Waals surface area contributed by atoms with Crippen LogP contribution in [0.2, 0.25) is 0 Å². The van der Waals surface area contributed by atoms with Crippen LogP contribution in [0.3, 0.4) is 0 Å². The van der Waals surface area contributed by atoms with Crippen LogP contribution in [-0.4, -0.2) is 44.0 Å². The van der Waals surface area contributed by atoms with Gasteiger partial charge in [-0.3, -0.25) is 4.79 Å². The molecule has 2 rings (SSSR count). The molecule has 0 saturated heterocycles. The van der Waals surface area contributed by atoms with Crippen molar-refractivity contribution in [1.29, 1.82) is 0 Å². The molecule has 0 aliphatic carbocycles. The summed E-state index contributed by atoms with van der Waals surface area (Å²) in [5, 5.41) is 6.42. The van der Waals surface area contributed by atoms with E-state index in [-0.39, 0.29) is 17.9 Å². The highest BCUT2D eigenvalue weighted by Crippen LogP contribution is 2.23. The lowest BCUT2D eigenvalue weighted by molar-refractivity contribution is -0.123. The van der Waals surface area contributed by atoms with Crippen molar-refractivity contribution in [1.82, 2.24) is 15.5 Å². The van der Waals surface area contributed by atoms with Gasteiger partial charge in [-0.2, -0.15) is 0 Å². The highest BCUT2D eigenvalue weighted by Gasteiger charge is 2.26. The number of hydrogen-bond acceptors (Lipinski definition) is 3. The molecule has 2 N–H and O–H groups in total. The van der Waals surface area contributed by atoms with Gasteiger partial charge < -0.3 is 15.5 Å². The summed E-state index contributed by atoms with van der Waals surface area (Å²) in [6.07, 6.45) is 0. The molecule has 4 heteroatoms. The zero-order chi connectivity index (χ0) is 13.8. The fraction of sp³-hybridized carbons (Fsp3) is 0.533. The highest BCUT2D eigenvalue weighted by atomic mass is 16.2. The predicted molar refractivity (Wildman–Crippen MR) is 77.0 cm³/mol. The Bertz CT molecular complexity index is 445. The van der Waals surface area contributed by atoms with E-state index in [0.29, 0.717) is 0 Å². The third-order valence-electron chi connectivity index (χ3n) is 3.44. The topological polar surface area (TPSA) is 44.4 Å². The molecule has 2 atom stereocenters. The Balaban J connectivity index is 2.04. The van der Waals surface area contributed by atoms with Gasteiger partial charge in [0.15, 0.2) is 0 Å². The van der Waals surface area contributed by atoms with E-state index in [0.717, 1.165) is 25.2 Å². The van der Waals surface area contributed by atoms with Gasteiger partial charge in [-0.05, 0) is 32.1 Å². The van der Waals surface area contributed by atoms with Gasteiger partial charge in [-0.1, -0.05) is 24.3 Å². The minimum absolute atomic E-state index is 0.0745. The monoisotopic (exact) mass is 261 g/mol. The molecule has 0 spiro atoms. The van der Waals surface area contributed by atoms with Crippen LogP contribution >= 0.6 is 0 Å². The maximum Gasteiger partial charge on any atom is 0.229 e. The quantitative estimate of drug-likeness (QED) is 0.848. The van der Waals surface area contributed by atoms with E-state index in [1.54, 1.807) is 0 Å². The van der Waals surface area contributed by atoms with Crippen LogP contribution in [0.4, 0.5) is 0 Å². The Morgan fingerprint density at radius 1 is 1.47 bits per heavy atom. The lowest BCUT2D eigenvalue weighted by Gasteiger charge is -2.27. The molecule has 1 aromatic carbocycles. The van der Waals surface area contributed by atoms with Crippen molar-refractivity contribution in [3.63, 3.8) is 0 Å². The predicted octanol–water partition coefficient (Wildman–Crippen LogP) is 0.940. The second kappa shape index (κ2) is 6.17. The van der Waals surface area contributed by atoms with Gasteiger partial charge >= 0.3 is 0 Å². The second-order valence-electron chi connectivity index (χ2n) is 5.55. The summed E-state index contributed by atoms with van der Waals surface area (Å²) < 4.78 is 0. The van der Waals surface area contributed by atoms with E-state index in [4.69, 9.17) is 0 Å². The zero-order valence-corrected chi connectivity index (χ0v) is 11.9.